The Balaban J connectivity index is 5.76. The van der Waals surface area contributed by atoms with Crippen LogP contribution in [0.3, 0.4) is 0 Å². The largest absolute Gasteiger partial charge is 0.466 e. The highest BCUT2D eigenvalue weighted by Crippen LogP contribution is 2.42. The number of ether oxygens (including phenoxy) is 2. The molecule has 1 unspecified atom stereocenters. The van der Waals surface area contributed by atoms with Gasteiger partial charge in [0.1, 0.15) is 5.57 Å². The SMILES string of the molecule is C=CCNC(=O)C(OCCCCC(F)(F)C(F)(F)S(=O)(=O)O)(OC(=O)C(=C)C(F)(F)F)C(F)(F)F. The van der Waals surface area contributed by atoms with Gasteiger partial charge in [0.05, 0.1) is 6.61 Å². The molecule has 0 aromatic carbocycles. The first-order valence-corrected chi connectivity index (χ1v) is 10.2. The lowest BCUT2D eigenvalue weighted by atomic mass is 10.1. The van der Waals surface area contributed by atoms with Crippen molar-refractivity contribution in [1.82, 2.24) is 5.32 Å². The topological polar surface area (TPSA) is 119 Å². The van der Waals surface area contributed by atoms with Crippen LogP contribution in [0.4, 0.5) is 43.9 Å². The molecule has 0 rings (SSSR count). The molecule has 0 heterocycles. The number of alkyl halides is 10. The second kappa shape index (κ2) is 11.1. The second-order valence-corrected chi connectivity index (χ2v) is 7.94. The summed E-state index contributed by atoms with van der Waals surface area (Å²) >= 11 is 0. The van der Waals surface area contributed by atoms with E-state index in [1.165, 1.54) is 5.32 Å². The molecule has 0 aliphatic heterocycles. The van der Waals surface area contributed by atoms with E-state index in [2.05, 4.69) is 22.6 Å². The van der Waals surface area contributed by atoms with E-state index in [1.807, 2.05) is 0 Å². The Kier molecular flexibility index (Phi) is 10.3. The van der Waals surface area contributed by atoms with Crippen LogP contribution in [-0.2, 0) is 29.2 Å². The van der Waals surface area contributed by atoms with Gasteiger partial charge in [0, 0.05) is 13.0 Å². The Hall–Kier alpha value is -2.41. The van der Waals surface area contributed by atoms with Gasteiger partial charge in [0.25, 0.3) is 0 Å². The lowest BCUT2D eigenvalue weighted by Gasteiger charge is -2.33. The van der Waals surface area contributed by atoms with E-state index in [0.29, 0.717) is 0 Å². The summed E-state index contributed by atoms with van der Waals surface area (Å²) in [5.41, 5.74) is -2.47. The quantitative estimate of drug-likeness (QED) is 0.0677. The molecule has 19 heteroatoms. The second-order valence-electron chi connectivity index (χ2n) is 6.48. The molecule has 0 saturated heterocycles. The monoisotopic (exact) mass is 557 g/mol. The van der Waals surface area contributed by atoms with E-state index >= 15 is 0 Å². The van der Waals surface area contributed by atoms with Gasteiger partial charge in [-0.1, -0.05) is 12.7 Å². The van der Waals surface area contributed by atoms with Crippen LogP contribution in [0.25, 0.3) is 0 Å². The average Bonchev–Trinajstić information content (AvgIpc) is 2.67. The fraction of sp³-hybridized carbons (Fsp3) is 0.625. The molecule has 0 bridgehead atoms. The third kappa shape index (κ3) is 7.79. The maximum atomic E-state index is 13.6. The molecule has 0 aromatic heterocycles. The first-order chi connectivity index (χ1) is 15.5. The smallest absolute Gasteiger partial charge is 0.412 e. The summed E-state index contributed by atoms with van der Waals surface area (Å²) in [5.74, 6) is -15.3. The Morgan fingerprint density at radius 3 is 1.89 bits per heavy atom. The van der Waals surface area contributed by atoms with Crippen LogP contribution < -0.4 is 5.32 Å². The molecule has 2 N–H and O–H groups in total. The Labute approximate surface area is 190 Å². The molecule has 0 fully saturated rings. The van der Waals surface area contributed by atoms with Crippen molar-refractivity contribution in [3.8, 4) is 0 Å². The van der Waals surface area contributed by atoms with Crippen LogP contribution >= 0.6 is 0 Å². The van der Waals surface area contributed by atoms with Gasteiger partial charge >= 0.3 is 51.3 Å². The number of rotatable bonds is 13. The minimum absolute atomic E-state index is 0.741. The number of halogens is 10. The highest BCUT2D eigenvalue weighted by atomic mass is 32.2. The fourth-order valence-corrected chi connectivity index (χ4v) is 2.48. The van der Waals surface area contributed by atoms with E-state index < -0.39 is 89.3 Å². The molecule has 0 spiro atoms. The van der Waals surface area contributed by atoms with E-state index in [-0.39, 0.29) is 0 Å². The normalized spacial score (nSPS) is 15.2. The predicted molar refractivity (Wildman–Crippen MR) is 94.5 cm³/mol. The van der Waals surface area contributed by atoms with Crippen molar-refractivity contribution < 1.29 is 75.9 Å². The van der Waals surface area contributed by atoms with Crippen LogP contribution in [0.2, 0.25) is 0 Å². The van der Waals surface area contributed by atoms with Gasteiger partial charge in [-0.3, -0.25) is 9.35 Å². The summed E-state index contributed by atoms with van der Waals surface area (Å²) < 4.78 is 169. The summed E-state index contributed by atoms with van der Waals surface area (Å²) in [6.45, 7) is 3.00. The zero-order chi connectivity index (χ0) is 28.1. The zero-order valence-electron chi connectivity index (χ0n) is 17.1. The molecule has 0 aliphatic carbocycles. The Morgan fingerprint density at radius 1 is 0.971 bits per heavy atom. The van der Waals surface area contributed by atoms with Crippen LogP contribution in [0.5, 0.6) is 0 Å². The maximum Gasteiger partial charge on any atom is 0.466 e. The number of nitrogens with one attached hydrogen (secondary N) is 1. The van der Waals surface area contributed by atoms with Crippen LogP contribution in [0.1, 0.15) is 19.3 Å². The molecule has 8 nitrogen and oxygen atoms in total. The number of carbonyl (C=O) groups is 2. The number of amides is 1. The number of esters is 1. The molecular formula is C16H17F10NO7S. The van der Waals surface area contributed by atoms with E-state index in [0.717, 1.165) is 6.08 Å². The highest BCUT2D eigenvalue weighted by Gasteiger charge is 2.67. The van der Waals surface area contributed by atoms with Crippen molar-refractivity contribution in [3.63, 3.8) is 0 Å². The third-order valence-corrected chi connectivity index (χ3v) is 4.79. The van der Waals surface area contributed by atoms with Crippen molar-refractivity contribution in [2.45, 2.75) is 48.6 Å². The van der Waals surface area contributed by atoms with Crippen molar-refractivity contribution in [2.75, 3.05) is 13.2 Å². The maximum absolute atomic E-state index is 13.6. The van der Waals surface area contributed by atoms with Gasteiger partial charge in [-0.25, -0.2) is 4.79 Å². The number of carbonyl (C=O) groups excluding carboxylic acids is 2. The van der Waals surface area contributed by atoms with Gasteiger partial charge in [-0.15, -0.1) is 6.58 Å². The van der Waals surface area contributed by atoms with Crippen molar-refractivity contribution in [3.05, 3.63) is 24.8 Å². The van der Waals surface area contributed by atoms with E-state index in [4.69, 9.17) is 4.55 Å². The summed E-state index contributed by atoms with van der Waals surface area (Å²) in [4.78, 5) is 23.6. The van der Waals surface area contributed by atoms with Crippen LogP contribution in [0.15, 0.2) is 24.8 Å². The van der Waals surface area contributed by atoms with Crippen LogP contribution in [-0.4, -0.2) is 67.3 Å². The predicted octanol–water partition coefficient (Wildman–Crippen LogP) is 3.51. The van der Waals surface area contributed by atoms with Crippen molar-refractivity contribution in [1.29, 1.82) is 0 Å². The van der Waals surface area contributed by atoms with Crippen molar-refractivity contribution in [2.24, 2.45) is 0 Å². The molecule has 0 aliphatic rings. The highest BCUT2D eigenvalue weighted by molar-refractivity contribution is 7.87. The van der Waals surface area contributed by atoms with Crippen molar-refractivity contribution >= 4 is 22.0 Å². The summed E-state index contributed by atoms with van der Waals surface area (Å²) in [5, 5.41) is -4.50. The minimum atomic E-state index is -6.58. The summed E-state index contributed by atoms with van der Waals surface area (Å²) in [7, 11) is -6.58. The molecule has 0 radical (unpaired) electrons. The van der Waals surface area contributed by atoms with Gasteiger partial charge in [0.15, 0.2) is 0 Å². The first-order valence-electron chi connectivity index (χ1n) is 8.80. The fourth-order valence-electron chi connectivity index (χ4n) is 2.00. The zero-order valence-corrected chi connectivity index (χ0v) is 17.9. The van der Waals surface area contributed by atoms with E-state index in [9.17, 15) is 61.9 Å². The lowest BCUT2D eigenvalue weighted by molar-refractivity contribution is -0.347. The third-order valence-electron chi connectivity index (χ3n) is 3.84. The minimum Gasteiger partial charge on any atom is -0.412 e. The first kappa shape index (κ1) is 32.6. The molecule has 35 heavy (non-hydrogen) atoms. The summed E-state index contributed by atoms with van der Waals surface area (Å²) in [6.07, 6.45) is -15.2. The Bertz CT molecular complexity index is 915. The molecule has 1 amide bonds. The standard InChI is InChI=1S/C16H17F10NO7S/c1-3-7-27-11(29)13(15(22,23)24,34-10(28)9(2)14(19,20)21)33-8-5-4-6-12(17,18)16(25,26)35(30,31)32/h3H,1-2,4-8H2,(H,27,29)(H,30,31,32). The van der Waals surface area contributed by atoms with Gasteiger partial charge in [-0.05, 0) is 12.8 Å². The van der Waals surface area contributed by atoms with Gasteiger partial charge in [0.2, 0.25) is 0 Å². The van der Waals surface area contributed by atoms with Crippen LogP contribution in [0, 0.1) is 0 Å². The molecule has 0 saturated carbocycles. The molecular weight excluding hydrogens is 540 g/mol. The average molecular weight is 557 g/mol. The molecule has 1 atom stereocenters. The summed E-state index contributed by atoms with van der Waals surface area (Å²) in [6, 6.07) is 0. The van der Waals surface area contributed by atoms with Gasteiger partial charge in [-0.2, -0.15) is 52.3 Å². The lowest BCUT2D eigenvalue weighted by Crippen LogP contribution is -2.62. The number of hydrogen-bond donors (Lipinski definition) is 2. The van der Waals surface area contributed by atoms with Gasteiger partial charge < -0.3 is 14.8 Å². The molecule has 0 aromatic rings. The Morgan fingerprint density at radius 2 is 1.49 bits per heavy atom. The number of hydrogen-bond acceptors (Lipinski definition) is 6. The van der Waals surface area contributed by atoms with E-state index in [1.54, 1.807) is 0 Å². The molecule has 204 valence electrons. The number of unbranched alkanes of at least 4 members (excludes halogenated alkanes) is 1.